The maximum atomic E-state index is 13.3. The van der Waals surface area contributed by atoms with E-state index in [0.717, 1.165) is 20.3 Å². The summed E-state index contributed by atoms with van der Waals surface area (Å²) in [6.45, 7) is 2.94. The van der Waals surface area contributed by atoms with Crippen molar-refractivity contribution in [2.24, 2.45) is 0 Å². The Morgan fingerprint density at radius 3 is 2.67 bits per heavy atom. The summed E-state index contributed by atoms with van der Waals surface area (Å²) in [5.74, 6) is -0.256. The van der Waals surface area contributed by atoms with E-state index in [9.17, 15) is 9.50 Å². The maximum Gasteiger partial charge on any atom is 0.166 e. The number of benzene rings is 2. The van der Waals surface area contributed by atoms with Gasteiger partial charge in [0, 0.05) is 28.3 Å². The normalized spacial score (nSPS) is 10.5. The van der Waals surface area contributed by atoms with Crippen LogP contribution in [0, 0.1) is 5.82 Å². The van der Waals surface area contributed by atoms with Crippen molar-refractivity contribution in [3.8, 4) is 11.5 Å². The number of aromatic hydroxyl groups is 1. The molecule has 0 saturated heterocycles. The Bertz CT molecular complexity index is 650. The second-order valence-electron chi connectivity index (χ2n) is 4.33. The van der Waals surface area contributed by atoms with Crippen LogP contribution in [0.15, 0.2) is 39.3 Å². The number of phenols is 1. The van der Waals surface area contributed by atoms with Crippen LogP contribution in [0.5, 0.6) is 11.5 Å². The van der Waals surface area contributed by atoms with Crippen LogP contribution < -0.4 is 10.1 Å². The Balaban J connectivity index is 2.20. The minimum atomic E-state index is -0.652. The number of anilines is 1. The fourth-order valence-electron chi connectivity index (χ4n) is 1.87. The van der Waals surface area contributed by atoms with Gasteiger partial charge in [0.05, 0.1) is 11.1 Å². The van der Waals surface area contributed by atoms with Gasteiger partial charge in [0.25, 0.3) is 0 Å². The molecule has 0 spiro atoms. The van der Waals surface area contributed by atoms with Crippen molar-refractivity contribution >= 4 is 37.5 Å². The molecule has 6 heteroatoms. The largest absolute Gasteiger partial charge is 0.505 e. The molecule has 2 aromatic rings. The van der Waals surface area contributed by atoms with E-state index in [2.05, 4.69) is 37.2 Å². The lowest BCUT2D eigenvalue weighted by Crippen LogP contribution is -2.04. The van der Waals surface area contributed by atoms with Gasteiger partial charge in [0.15, 0.2) is 11.6 Å². The second-order valence-corrected chi connectivity index (χ2v) is 6.10. The zero-order chi connectivity index (χ0) is 15.4. The van der Waals surface area contributed by atoms with E-state index >= 15 is 0 Å². The number of rotatable bonds is 5. The standard InChI is InChI=1S/C15H14Br2FNO2/c1-2-21-15-9(5-10(16)6-12(15)17)8-19-11-3-4-14(20)13(18)7-11/h3-7,19-20H,2,8H2,1H3. The van der Waals surface area contributed by atoms with Gasteiger partial charge in [-0.1, -0.05) is 15.9 Å². The molecule has 3 nitrogen and oxygen atoms in total. The number of phenolic OH excluding ortho intramolecular Hbond substituents is 1. The predicted molar refractivity (Wildman–Crippen MR) is 88.4 cm³/mol. The highest BCUT2D eigenvalue weighted by Gasteiger charge is 2.10. The first-order valence-electron chi connectivity index (χ1n) is 6.34. The fourth-order valence-corrected chi connectivity index (χ4v) is 3.29. The summed E-state index contributed by atoms with van der Waals surface area (Å²) >= 11 is 6.91. The molecule has 0 aliphatic heterocycles. The van der Waals surface area contributed by atoms with Crippen LogP contribution in [0.3, 0.4) is 0 Å². The van der Waals surface area contributed by atoms with E-state index < -0.39 is 5.82 Å². The van der Waals surface area contributed by atoms with Gasteiger partial charge in [-0.3, -0.25) is 0 Å². The van der Waals surface area contributed by atoms with Crippen molar-refractivity contribution in [3.63, 3.8) is 0 Å². The first-order valence-corrected chi connectivity index (χ1v) is 7.93. The smallest absolute Gasteiger partial charge is 0.166 e. The predicted octanol–water partition coefficient (Wildman–Crippen LogP) is 5.07. The molecule has 0 saturated carbocycles. The summed E-state index contributed by atoms with van der Waals surface area (Å²) in [4.78, 5) is 0. The van der Waals surface area contributed by atoms with Crippen LogP contribution >= 0.6 is 31.9 Å². The van der Waals surface area contributed by atoms with E-state index in [-0.39, 0.29) is 5.75 Å². The van der Waals surface area contributed by atoms with Crippen molar-refractivity contribution in [2.45, 2.75) is 13.5 Å². The van der Waals surface area contributed by atoms with Gasteiger partial charge in [-0.2, -0.15) is 0 Å². The molecule has 112 valence electrons. The lowest BCUT2D eigenvalue weighted by molar-refractivity contribution is 0.334. The molecule has 0 heterocycles. The van der Waals surface area contributed by atoms with Gasteiger partial charge >= 0.3 is 0 Å². The van der Waals surface area contributed by atoms with Crippen LogP contribution in [-0.2, 0) is 6.54 Å². The Kier molecular flexibility index (Phi) is 5.47. The summed E-state index contributed by atoms with van der Waals surface area (Å²) in [5, 5.41) is 12.3. The zero-order valence-electron chi connectivity index (χ0n) is 11.3. The molecule has 0 unspecified atom stereocenters. The Morgan fingerprint density at radius 1 is 1.24 bits per heavy atom. The number of hydrogen-bond acceptors (Lipinski definition) is 3. The molecule has 0 amide bonds. The van der Waals surface area contributed by atoms with Gasteiger partial charge < -0.3 is 15.2 Å². The number of nitrogens with one attached hydrogen (secondary N) is 1. The number of hydrogen-bond donors (Lipinski definition) is 2. The van der Waals surface area contributed by atoms with Gasteiger partial charge in [0.1, 0.15) is 5.75 Å². The minimum absolute atomic E-state index is 0.360. The third kappa shape index (κ3) is 4.11. The lowest BCUT2D eigenvalue weighted by atomic mass is 10.2. The molecule has 0 radical (unpaired) electrons. The van der Waals surface area contributed by atoms with Crippen molar-refractivity contribution in [1.82, 2.24) is 0 Å². The molecule has 0 aliphatic carbocycles. The molecule has 2 rings (SSSR count). The van der Waals surface area contributed by atoms with Crippen LogP contribution in [0.2, 0.25) is 0 Å². The van der Waals surface area contributed by atoms with Gasteiger partial charge in [-0.05, 0) is 47.1 Å². The monoisotopic (exact) mass is 417 g/mol. The number of ether oxygens (including phenoxy) is 1. The highest BCUT2D eigenvalue weighted by Crippen LogP contribution is 2.33. The summed E-state index contributed by atoms with van der Waals surface area (Å²) in [6, 6.07) is 8.04. The summed E-state index contributed by atoms with van der Waals surface area (Å²) in [6.07, 6.45) is 0. The molecule has 0 aromatic heterocycles. The molecular formula is C15H14Br2FNO2. The highest BCUT2D eigenvalue weighted by molar-refractivity contribution is 9.11. The molecule has 2 N–H and O–H groups in total. The van der Waals surface area contributed by atoms with Crippen LogP contribution in [-0.4, -0.2) is 11.7 Å². The third-order valence-corrected chi connectivity index (χ3v) is 3.85. The van der Waals surface area contributed by atoms with Crippen molar-refractivity contribution in [3.05, 3.63) is 50.7 Å². The second kappa shape index (κ2) is 7.13. The fraction of sp³-hybridized carbons (Fsp3) is 0.200. The van der Waals surface area contributed by atoms with E-state index in [1.165, 1.54) is 12.1 Å². The van der Waals surface area contributed by atoms with Crippen molar-refractivity contribution < 1.29 is 14.2 Å². The van der Waals surface area contributed by atoms with Crippen LogP contribution in [0.25, 0.3) is 0 Å². The average molecular weight is 419 g/mol. The average Bonchev–Trinajstić information content (AvgIpc) is 2.43. The molecule has 0 bridgehead atoms. The topological polar surface area (TPSA) is 41.5 Å². The van der Waals surface area contributed by atoms with Crippen molar-refractivity contribution in [2.75, 3.05) is 11.9 Å². The Morgan fingerprint density at radius 2 is 2.00 bits per heavy atom. The van der Waals surface area contributed by atoms with E-state index in [1.54, 1.807) is 6.07 Å². The molecule has 21 heavy (non-hydrogen) atoms. The van der Waals surface area contributed by atoms with E-state index in [4.69, 9.17) is 4.74 Å². The van der Waals surface area contributed by atoms with Crippen LogP contribution in [0.1, 0.15) is 12.5 Å². The molecule has 0 atom stereocenters. The minimum Gasteiger partial charge on any atom is -0.505 e. The SMILES string of the molecule is CCOc1c(Br)cc(Br)cc1CNc1ccc(O)c(F)c1. The molecule has 0 aliphatic rings. The van der Waals surface area contributed by atoms with E-state index in [0.29, 0.717) is 18.8 Å². The Hall–Kier alpha value is -1.27. The maximum absolute atomic E-state index is 13.3. The zero-order valence-corrected chi connectivity index (χ0v) is 14.5. The van der Waals surface area contributed by atoms with Crippen molar-refractivity contribution in [1.29, 1.82) is 0 Å². The highest BCUT2D eigenvalue weighted by atomic mass is 79.9. The summed E-state index contributed by atoms with van der Waals surface area (Å²) in [7, 11) is 0. The molecule has 0 fully saturated rings. The van der Waals surface area contributed by atoms with Crippen LogP contribution in [0.4, 0.5) is 10.1 Å². The summed E-state index contributed by atoms with van der Waals surface area (Å²) in [5.41, 5.74) is 1.52. The lowest BCUT2D eigenvalue weighted by Gasteiger charge is -2.14. The first kappa shape index (κ1) is 16.1. The van der Waals surface area contributed by atoms with Gasteiger partial charge in [-0.25, -0.2) is 4.39 Å². The number of halogens is 3. The van der Waals surface area contributed by atoms with Gasteiger partial charge in [-0.15, -0.1) is 0 Å². The first-order chi connectivity index (χ1) is 10.0. The molecule has 2 aromatic carbocycles. The molecular weight excluding hydrogens is 405 g/mol. The van der Waals surface area contributed by atoms with Gasteiger partial charge in [0.2, 0.25) is 0 Å². The van der Waals surface area contributed by atoms with E-state index in [1.807, 2.05) is 19.1 Å². The summed E-state index contributed by atoms with van der Waals surface area (Å²) < 4.78 is 20.7. The Labute approximate surface area is 139 Å². The third-order valence-electron chi connectivity index (χ3n) is 2.80. The quantitative estimate of drug-likeness (QED) is 0.666.